The minimum Gasteiger partial charge on any atom is -0.457 e. The molecule has 0 bridgehead atoms. The Kier molecular flexibility index (Phi) is 4.18. The van der Waals surface area contributed by atoms with Crippen molar-refractivity contribution < 1.29 is 9.53 Å². The Morgan fingerprint density at radius 3 is 2.05 bits per heavy atom. The number of primary amides is 1. The molecule has 19 heavy (non-hydrogen) atoms. The van der Waals surface area contributed by atoms with E-state index >= 15 is 0 Å². The van der Waals surface area contributed by atoms with Gasteiger partial charge >= 0.3 is 0 Å². The van der Waals surface area contributed by atoms with Gasteiger partial charge in [-0.3, -0.25) is 4.79 Å². The van der Waals surface area contributed by atoms with Gasteiger partial charge in [0.1, 0.15) is 11.5 Å². The van der Waals surface area contributed by atoms with Crippen LogP contribution in [0.15, 0.2) is 48.5 Å². The van der Waals surface area contributed by atoms with Crippen LogP contribution in [0.4, 0.5) is 0 Å². The SMILES string of the molecule is Cc1ccc(Oc2ccc(CCC(N)=O)cc2)cc1. The Morgan fingerprint density at radius 1 is 1.00 bits per heavy atom. The standard InChI is InChI=1S/C16H17NO2/c1-12-2-7-14(8-3-12)19-15-9-4-13(5-10-15)6-11-16(17)18/h2-5,7-10H,6,11H2,1H3,(H2,17,18). The first-order chi connectivity index (χ1) is 9.13. The van der Waals surface area contributed by atoms with Crippen molar-refractivity contribution in [2.45, 2.75) is 19.8 Å². The molecule has 2 N–H and O–H groups in total. The summed E-state index contributed by atoms with van der Waals surface area (Å²) in [5.74, 6) is 1.32. The van der Waals surface area contributed by atoms with Gasteiger partial charge in [0.25, 0.3) is 0 Å². The molecule has 2 aromatic rings. The number of rotatable bonds is 5. The molecular weight excluding hydrogens is 238 g/mol. The number of amides is 1. The summed E-state index contributed by atoms with van der Waals surface area (Å²) in [6, 6.07) is 15.6. The highest BCUT2D eigenvalue weighted by atomic mass is 16.5. The smallest absolute Gasteiger partial charge is 0.217 e. The van der Waals surface area contributed by atoms with E-state index in [0.29, 0.717) is 12.8 Å². The maximum Gasteiger partial charge on any atom is 0.217 e. The van der Waals surface area contributed by atoms with E-state index in [1.54, 1.807) is 0 Å². The van der Waals surface area contributed by atoms with Crippen LogP contribution in [0.5, 0.6) is 11.5 Å². The normalized spacial score (nSPS) is 10.2. The quantitative estimate of drug-likeness (QED) is 0.892. The average Bonchev–Trinajstić information content (AvgIpc) is 2.40. The molecule has 3 heteroatoms. The molecule has 0 aliphatic rings. The van der Waals surface area contributed by atoms with E-state index in [1.165, 1.54) is 5.56 Å². The minimum absolute atomic E-state index is 0.278. The van der Waals surface area contributed by atoms with Crippen LogP contribution in [-0.2, 0) is 11.2 Å². The molecule has 0 spiro atoms. The molecule has 3 nitrogen and oxygen atoms in total. The van der Waals surface area contributed by atoms with Gasteiger partial charge in [0, 0.05) is 6.42 Å². The number of benzene rings is 2. The Hall–Kier alpha value is -2.29. The van der Waals surface area contributed by atoms with Gasteiger partial charge in [-0.2, -0.15) is 0 Å². The lowest BCUT2D eigenvalue weighted by atomic mass is 10.1. The first-order valence-corrected chi connectivity index (χ1v) is 6.25. The number of hydrogen-bond acceptors (Lipinski definition) is 2. The van der Waals surface area contributed by atoms with E-state index in [4.69, 9.17) is 10.5 Å². The van der Waals surface area contributed by atoms with E-state index in [-0.39, 0.29) is 5.91 Å². The summed E-state index contributed by atoms with van der Waals surface area (Å²) in [5.41, 5.74) is 7.40. The van der Waals surface area contributed by atoms with Gasteiger partial charge in [0.2, 0.25) is 5.91 Å². The lowest BCUT2D eigenvalue weighted by Crippen LogP contribution is -2.11. The van der Waals surface area contributed by atoms with Crippen LogP contribution in [0.2, 0.25) is 0 Å². The van der Waals surface area contributed by atoms with Crippen molar-refractivity contribution >= 4 is 5.91 Å². The predicted molar refractivity (Wildman–Crippen MR) is 75.2 cm³/mol. The zero-order valence-electron chi connectivity index (χ0n) is 10.9. The molecule has 0 atom stereocenters. The molecule has 0 aliphatic carbocycles. The monoisotopic (exact) mass is 255 g/mol. The summed E-state index contributed by atoms with van der Waals surface area (Å²) >= 11 is 0. The highest BCUT2D eigenvalue weighted by molar-refractivity contribution is 5.74. The van der Waals surface area contributed by atoms with Crippen molar-refractivity contribution in [3.05, 3.63) is 59.7 Å². The van der Waals surface area contributed by atoms with Crippen molar-refractivity contribution in [1.29, 1.82) is 0 Å². The van der Waals surface area contributed by atoms with Crippen molar-refractivity contribution in [2.75, 3.05) is 0 Å². The van der Waals surface area contributed by atoms with Crippen LogP contribution in [0.25, 0.3) is 0 Å². The Bertz CT molecular complexity index is 544. The Balaban J connectivity index is 1.98. The second-order valence-electron chi connectivity index (χ2n) is 4.53. The second-order valence-corrected chi connectivity index (χ2v) is 4.53. The number of carbonyl (C=O) groups is 1. The van der Waals surface area contributed by atoms with Gasteiger partial charge in [-0.1, -0.05) is 29.8 Å². The summed E-state index contributed by atoms with van der Waals surface area (Å²) in [5, 5.41) is 0. The number of ether oxygens (including phenoxy) is 1. The lowest BCUT2D eigenvalue weighted by molar-refractivity contribution is -0.117. The number of hydrogen-bond donors (Lipinski definition) is 1. The lowest BCUT2D eigenvalue weighted by Gasteiger charge is -2.07. The molecule has 0 radical (unpaired) electrons. The van der Waals surface area contributed by atoms with E-state index in [9.17, 15) is 4.79 Å². The van der Waals surface area contributed by atoms with Crippen LogP contribution in [-0.4, -0.2) is 5.91 Å². The number of aryl methyl sites for hydroxylation is 2. The van der Waals surface area contributed by atoms with Crippen molar-refractivity contribution in [1.82, 2.24) is 0 Å². The van der Waals surface area contributed by atoms with Crippen LogP contribution in [0, 0.1) is 6.92 Å². The van der Waals surface area contributed by atoms with Gasteiger partial charge in [0.05, 0.1) is 0 Å². The van der Waals surface area contributed by atoms with Crippen LogP contribution < -0.4 is 10.5 Å². The predicted octanol–water partition coefficient (Wildman–Crippen LogP) is 3.21. The van der Waals surface area contributed by atoms with Crippen LogP contribution >= 0.6 is 0 Å². The molecule has 98 valence electrons. The molecular formula is C16H17NO2. The van der Waals surface area contributed by atoms with Crippen molar-refractivity contribution in [3.63, 3.8) is 0 Å². The minimum atomic E-state index is -0.278. The third-order valence-corrected chi connectivity index (χ3v) is 2.84. The summed E-state index contributed by atoms with van der Waals surface area (Å²) < 4.78 is 5.72. The Morgan fingerprint density at radius 2 is 1.53 bits per heavy atom. The maximum atomic E-state index is 10.7. The Labute approximate surface area is 113 Å². The topological polar surface area (TPSA) is 52.3 Å². The molecule has 0 aromatic heterocycles. The van der Waals surface area contributed by atoms with E-state index in [2.05, 4.69) is 0 Å². The molecule has 1 amide bonds. The first-order valence-electron chi connectivity index (χ1n) is 6.25. The molecule has 0 aliphatic heterocycles. The van der Waals surface area contributed by atoms with Crippen molar-refractivity contribution in [2.24, 2.45) is 5.73 Å². The zero-order chi connectivity index (χ0) is 13.7. The molecule has 0 saturated heterocycles. The van der Waals surface area contributed by atoms with E-state index in [0.717, 1.165) is 17.1 Å². The van der Waals surface area contributed by atoms with E-state index < -0.39 is 0 Å². The van der Waals surface area contributed by atoms with Gasteiger partial charge in [-0.25, -0.2) is 0 Å². The summed E-state index contributed by atoms with van der Waals surface area (Å²) in [4.78, 5) is 10.7. The molecule has 2 rings (SSSR count). The number of carbonyl (C=O) groups excluding carboxylic acids is 1. The molecule has 2 aromatic carbocycles. The summed E-state index contributed by atoms with van der Waals surface area (Å²) in [6.45, 7) is 2.04. The third kappa shape index (κ3) is 4.14. The molecule has 0 fully saturated rings. The highest BCUT2D eigenvalue weighted by Gasteiger charge is 2.00. The second kappa shape index (κ2) is 6.05. The van der Waals surface area contributed by atoms with Crippen LogP contribution in [0.1, 0.15) is 17.5 Å². The first kappa shape index (κ1) is 13.1. The summed E-state index contributed by atoms with van der Waals surface area (Å²) in [7, 11) is 0. The largest absolute Gasteiger partial charge is 0.457 e. The van der Waals surface area contributed by atoms with E-state index in [1.807, 2.05) is 55.5 Å². The van der Waals surface area contributed by atoms with Gasteiger partial charge in [-0.15, -0.1) is 0 Å². The molecule has 0 saturated carbocycles. The van der Waals surface area contributed by atoms with Crippen molar-refractivity contribution in [3.8, 4) is 11.5 Å². The zero-order valence-corrected chi connectivity index (χ0v) is 10.9. The fourth-order valence-corrected chi connectivity index (χ4v) is 1.73. The highest BCUT2D eigenvalue weighted by Crippen LogP contribution is 2.22. The molecule has 0 unspecified atom stereocenters. The third-order valence-electron chi connectivity index (χ3n) is 2.84. The van der Waals surface area contributed by atoms with Gasteiger partial charge < -0.3 is 10.5 Å². The summed E-state index contributed by atoms with van der Waals surface area (Å²) in [6.07, 6.45) is 1.04. The average molecular weight is 255 g/mol. The maximum absolute atomic E-state index is 10.7. The van der Waals surface area contributed by atoms with Crippen LogP contribution in [0.3, 0.4) is 0 Å². The fraction of sp³-hybridized carbons (Fsp3) is 0.188. The fourth-order valence-electron chi connectivity index (χ4n) is 1.73. The molecule has 0 heterocycles. The van der Waals surface area contributed by atoms with Gasteiger partial charge in [0.15, 0.2) is 0 Å². The van der Waals surface area contributed by atoms with Gasteiger partial charge in [-0.05, 0) is 43.2 Å². The number of nitrogens with two attached hydrogens (primary N) is 1.